The van der Waals surface area contributed by atoms with Gasteiger partial charge in [0.25, 0.3) is 0 Å². The number of carbonyl (C=O) groups is 1. The molecule has 6 heteroatoms. The lowest BCUT2D eigenvalue weighted by Gasteiger charge is -2.20. The fourth-order valence-electron chi connectivity index (χ4n) is 1.64. The number of anilines is 1. The summed E-state index contributed by atoms with van der Waals surface area (Å²) in [6, 6.07) is 4.49. The van der Waals surface area contributed by atoms with Crippen molar-refractivity contribution in [2.24, 2.45) is 11.7 Å². The van der Waals surface area contributed by atoms with Gasteiger partial charge >= 0.3 is 0 Å². The van der Waals surface area contributed by atoms with Crippen molar-refractivity contribution in [2.45, 2.75) is 13.8 Å². The van der Waals surface area contributed by atoms with Crippen molar-refractivity contribution in [3.63, 3.8) is 0 Å². The number of likely N-dealkylation sites (N-methyl/N-ethyl adjacent to an activating group) is 1. The molecule has 0 bridgehead atoms. The molecule has 0 aliphatic rings. The first-order chi connectivity index (χ1) is 9.31. The molecule has 0 unspecified atom stereocenters. The zero-order valence-electron chi connectivity index (χ0n) is 11.9. The van der Waals surface area contributed by atoms with Gasteiger partial charge < -0.3 is 16.0 Å². The largest absolute Gasteiger partial charge is 0.389 e. The monoisotopic (exact) mass is 297 g/mol. The number of hydrogen-bond donors (Lipinski definition) is 2. The van der Waals surface area contributed by atoms with Crippen molar-refractivity contribution in [1.82, 2.24) is 5.32 Å². The van der Waals surface area contributed by atoms with E-state index in [1.54, 1.807) is 24.1 Å². The number of thiocarbonyl (C=S) groups is 1. The van der Waals surface area contributed by atoms with Crippen LogP contribution in [0.4, 0.5) is 10.1 Å². The molecule has 1 amide bonds. The Bertz CT molecular complexity index is 505. The maximum atomic E-state index is 13.9. The van der Waals surface area contributed by atoms with Crippen molar-refractivity contribution >= 4 is 28.8 Å². The third-order valence-electron chi connectivity index (χ3n) is 2.73. The molecule has 4 nitrogen and oxygen atoms in total. The third-order valence-corrected chi connectivity index (χ3v) is 2.97. The maximum absolute atomic E-state index is 13.9. The van der Waals surface area contributed by atoms with Crippen LogP contribution in [0.25, 0.3) is 0 Å². The Morgan fingerprint density at radius 1 is 1.50 bits per heavy atom. The Morgan fingerprint density at radius 2 is 2.15 bits per heavy atom. The van der Waals surface area contributed by atoms with Crippen LogP contribution in [0.5, 0.6) is 0 Å². The first-order valence-corrected chi connectivity index (χ1v) is 6.79. The Hall–Kier alpha value is -1.69. The van der Waals surface area contributed by atoms with E-state index in [9.17, 15) is 9.18 Å². The van der Waals surface area contributed by atoms with E-state index in [0.29, 0.717) is 23.7 Å². The molecule has 0 aliphatic heterocycles. The first-order valence-electron chi connectivity index (χ1n) is 6.38. The number of rotatable bonds is 6. The molecule has 0 fully saturated rings. The lowest BCUT2D eigenvalue weighted by Crippen LogP contribution is -2.37. The van der Waals surface area contributed by atoms with Crippen molar-refractivity contribution in [2.75, 3.05) is 25.0 Å². The smallest absolute Gasteiger partial charge is 0.239 e. The molecule has 0 heterocycles. The standard InChI is InChI=1S/C14H20FN3OS/c1-9(2)7-17-13(19)8-18(3)12-5-4-10(14(16)20)6-11(12)15/h4-6,9H,7-8H2,1-3H3,(H2,16,20)(H,17,19). The number of nitrogens with one attached hydrogen (secondary N) is 1. The minimum Gasteiger partial charge on any atom is -0.389 e. The van der Waals surface area contributed by atoms with Gasteiger partial charge in [-0.1, -0.05) is 26.1 Å². The molecule has 110 valence electrons. The Labute approximate surface area is 124 Å². The number of hydrogen-bond acceptors (Lipinski definition) is 3. The Balaban J connectivity index is 2.70. The number of halogens is 1. The first kappa shape index (κ1) is 16.4. The van der Waals surface area contributed by atoms with E-state index in [0.717, 1.165) is 0 Å². The summed E-state index contributed by atoms with van der Waals surface area (Å²) in [5, 5.41) is 2.79. The predicted molar refractivity (Wildman–Crippen MR) is 83.4 cm³/mol. The second kappa shape index (κ2) is 7.19. The Morgan fingerprint density at radius 3 is 2.65 bits per heavy atom. The molecule has 0 radical (unpaired) electrons. The molecule has 1 rings (SSSR count). The highest BCUT2D eigenvalue weighted by Crippen LogP contribution is 2.19. The van der Waals surface area contributed by atoms with Crippen LogP contribution in [0.2, 0.25) is 0 Å². The average Bonchev–Trinajstić information content (AvgIpc) is 2.35. The highest BCUT2D eigenvalue weighted by molar-refractivity contribution is 7.80. The number of nitrogens with two attached hydrogens (primary N) is 1. The molecule has 0 aliphatic carbocycles. The summed E-state index contributed by atoms with van der Waals surface area (Å²) in [4.78, 5) is 13.4. The summed E-state index contributed by atoms with van der Waals surface area (Å²) in [5.41, 5.74) is 6.25. The lowest BCUT2D eigenvalue weighted by atomic mass is 10.2. The van der Waals surface area contributed by atoms with Gasteiger partial charge in [-0.25, -0.2) is 4.39 Å². The average molecular weight is 297 g/mol. The van der Waals surface area contributed by atoms with E-state index >= 15 is 0 Å². The molecule has 0 saturated heterocycles. The number of carbonyl (C=O) groups excluding carboxylic acids is 1. The van der Waals surface area contributed by atoms with Gasteiger partial charge in [-0.2, -0.15) is 0 Å². The van der Waals surface area contributed by atoms with Crippen LogP contribution in [-0.2, 0) is 4.79 Å². The van der Waals surface area contributed by atoms with Crippen molar-refractivity contribution < 1.29 is 9.18 Å². The topological polar surface area (TPSA) is 58.4 Å². The zero-order valence-corrected chi connectivity index (χ0v) is 12.8. The minimum absolute atomic E-state index is 0.0933. The molecular formula is C14H20FN3OS. The summed E-state index contributed by atoms with van der Waals surface area (Å²) in [6.45, 7) is 4.72. The number of benzene rings is 1. The summed E-state index contributed by atoms with van der Waals surface area (Å²) < 4.78 is 13.9. The van der Waals surface area contributed by atoms with Gasteiger partial charge in [-0.15, -0.1) is 0 Å². The van der Waals surface area contributed by atoms with Crippen LogP contribution in [-0.4, -0.2) is 31.0 Å². The maximum Gasteiger partial charge on any atom is 0.239 e. The molecule has 0 atom stereocenters. The van der Waals surface area contributed by atoms with E-state index in [1.165, 1.54) is 6.07 Å². The van der Waals surface area contributed by atoms with Crippen LogP contribution < -0.4 is 16.0 Å². The molecule has 1 aromatic rings. The van der Waals surface area contributed by atoms with Crippen LogP contribution in [0.1, 0.15) is 19.4 Å². The highest BCUT2D eigenvalue weighted by atomic mass is 32.1. The van der Waals surface area contributed by atoms with Gasteiger partial charge in [0, 0.05) is 19.2 Å². The minimum atomic E-state index is -0.450. The van der Waals surface area contributed by atoms with Crippen molar-refractivity contribution in [3.8, 4) is 0 Å². The molecule has 1 aromatic carbocycles. The highest BCUT2D eigenvalue weighted by Gasteiger charge is 2.12. The normalized spacial score (nSPS) is 10.4. The quantitative estimate of drug-likeness (QED) is 0.784. The van der Waals surface area contributed by atoms with Gasteiger partial charge in [0.1, 0.15) is 10.8 Å². The lowest BCUT2D eigenvalue weighted by molar-refractivity contribution is -0.119. The summed E-state index contributed by atoms with van der Waals surface area (Å²) in [7, 11) is 1.66. The third kappa shape index (κ3) is 4.77. The number of amides is 1. The fraction of sp³-hybridized carbons (Fsp3) is 0.429. The number of nitrogens with zero attached hydrogens (tertiary/aromatic N) is 1. The molecular weight excluding hydrogens is 277 g/mol. The zero-order chi connectivity index (χ0) is 15.3. The second-order valence-corrected chi connectivity index (χ2v) is 5.52. The van der Waals surface area contributed by atoms with Crippen LogP contribution >= 0.6 is 12.2 Å². The van der Waals surface area contributed by atoms with Gasteiger partial charge in [0.2, 0.25) is 5.91 Å². The molecule has 3 N–H and O–H groups in total. The molecule has 0 saturated carbocycles. The summed E-state index contributed by atoms with van der Waals surface area (Å²) in [6.07, 6.45) is 0. The van der Waals surface area contributed by atoms with Gasteiger partial charge in [0.05, 0.1) is 12.2 Å². The van der Waals surface area contributed by atoms with E-state index in [-0.39, 0.29) is 17.4 Å². The van der Waals surface area contributed by atoms with Crippen LogP contribution in [0, 0.1) is 11.7 Å². The molecule has 20 heavy (non-hydrogen) atoms. The van der Waals surface area contributed by atoms with E-state index in [4.69, 9.17) is 18.0 Å². The van der Waals surface area contributed by atoms with Crippen molar-refractivity contribution in [3.05, 3.63) is 29.6 Å². The Kier molecular flexibility index (Phi) is 5.88. The van der Waals surface area contributed by atoms with E-state index < -0.39 is 5.82 Å². The predicted octanol–water partition coefficient (Wildman–Crippen LogP) is 1.67. The molecule has 0 aromatic heterocycles. The van der Waals surface area contributed by atoms with Gasteiger partial charge in [-0.3, -0.25) is 4.79 Å². The van der Waals surface area contributed by atoms with Gasteiger partial charge in [-0.05, 0) is 24.1 Å². The summed E-state index contributed by atoms with van der Waals surface area (Å²) in [5.74, 6) is -0.209. The summed E-state index contributed by atoms with van der Waals surface area (Å²) >= 11 is 4.79. The molecule has 0 spiro atoms. The van der Waals surface area contributed by atoms with Gasteiger partial charge in [0.15, 0.2) is 0 Å². The van der Waals surface area contributed by atoms with Crippen LogP contribution in [0.3, 0.4) is 0 Å². The SMILES string of the molecule is CC(C)CNC(=O)CN(C)c1ccc(C(N)=S)cc1F. The van der Waals surface area contributed by atoms with Crippen LogP contribution in [0.15, 0.2) is 18.2 Å². The van der Waals surface area contributed by atoms with Crippen molar-refractivity contribution in [1.29, 1.82) is 0 Å². The fourth-order valence-corrected chi connectivity index (χ4v) is 1.77. The van der Waals surface area contributed by atoms with E-state index in [1.807, 2.05) is 13.8 Å². The second-order valence-electron chi connectivity index (χ2n) is 5.08. The van der Waals surface area contributed by atoms with E-state index in [2.05, 4.69) is 5.32 Å².